The van der Waals surface area contributed by atoms with E-state index in [0.717, 1.165) is 22.1 Å². The first-order valence-electron chi connectivity index (χ1n) is 8.65. The number of carbonyl (C=O) groups excluding carboxylic acids is 2. The number of aryl methyl sites for hydroxylation is 3. The second-order valence-electron chi connectivity index (χ2n) is 6.26. The predicted octanol–water partition coefficient (Wildman–Crippen LogP) is 2.31. The molecule has 0 unspecified atom stereocenters. The van der Waals surface area contributed by atoms with E-state index in [-0.39, 0.29) is 12.5 Å². The summed E-state index contributed by atoms with van der Waals surface area (Å²) < 4.78 is 7.26. The smallest absolute Gasteiger partial charge is 0.269 e. The Balaban J connectivity index is 1.52. The van der Waals surface area contributed by atoms with Gasteiger partial charge in [0, 0.05) is 16.6 Å². The highest BCUT2D eigenvalue weighted by molar-refractivity contribution is 7.09. The fourth-order valence-corrected chi connectivity index (χ4v) is 3.17. The van der Waals surface area contributed by atoms with Crippen LogP contribution < -0.4 is 15.6 Å². The summed E-state index contributed by atoms with van der Waals surface area (Å²) in [6, 6.07) is 8.61. The Morgan fingerprint density at radius 1 is 1.18 bits per heavy atom. The number of nitrogens with one attached hydrogen (secondary N) is 2. The third kappa shape index (κ3) is 5.17. The minimum Gasteiger partial charge on any atom is -0.487 e. The fraction of sp³-hybridized carbons (Fsp3) is 0.263. The van der Waals surface area contributed by atoms with Gasteiger partial charge in [0.25, 0.3) is 11.8 Å². The van der Waals surface area contributed by atoms with Crippen LogP contribution in [-0.2, 0) is 17.9 Å². The molecule has 0 fully saturated rings. The molecule has 2 heterocycles. The number of hydrogen-bond acceptors (Lipinski definition) is 6. The first kappa shape index (κ1) is 19.6. The number of benzene rings is 1. The molecule has 0 aliphatic carbocycles. The van der Waals surface area contributed by atoms with Gasteiger partial charge in [-0.3, -0.25) is 25.1 Å². The zero-order valence-corrected chi connectivity index (χ0v) is 16.7. The summed E-state index contributed by atoms with van der Waals surface area (Å²) in [5, 5.41) is 7.13. The maximum Gasteiger partial charge on any atom is 0.269 e. The lowest BCUT2D eigenvalue weighted by molar-refractivity contribution is -0.122. The first-order valence-corrected chi connectivity index (χ1v) is 9.53. The van der Waals surface area contributed by atoms with Crippen molar-refractivity contribution >= 4 is 23.2 Å². The third-order valence-electron chi connectivity index (χ3n) is 3.86. The lowest BCUT2D eigenvalue weighted by Gasteiger charge is -2.10. The van der Waals surface area contributed by atoms with Crippen molar-refractivity contribution in [1.82, 2.24) is 25.6 Å². The molecule has 0 aliphatic heterocycles. The number of carbonyl (C=O) groups is 2. The van der Waals surface area contributed by atoms with Crippen LogP contribution in [-0.4, -0.2) is 26.6 Å². The number of nitrogens with zero attached hydrogens (tertiary/aromatic N) is 3. The van der Waals surface area contributed by atoms with Crippen molar-refractivity contribution in [3.05, 3.63) is 63.4 Å². The molecular weight excluding hydrogens is 378 g/mol. The molecule has 0 bridgehead atoms. The van der Waals surface area contributed by atoms with E-state index in [1.165, 1.54) is 0 Å². The van der Waals surface area contributed by atoms with Crippen molar-refractivity contribution in [2.45, 2.75) is 33.9 Å². The van der Waals surface area contributed by atoms with Gasteiger partial charge in [-0.25, -0.2) is 4.98 Å². The highest BCUT2D eigenvalue weighted by Crippen LogP contribution is 2.16. The Labute approximate surface area is 166 Å². The highest BCUT2D eigenvalue weighted by atomic mass is 32.1. The van der Waals surface area contributed by atoms with E-state index < -0.39 is 5.91 Å². The van der Waals surface area contributed by atoms with Crippen molar-refractivity contribution in [3.8, 4) is 5.75 Å². The average molecular weight is 399 g/mol. The van der Waals surface area contributed by atoms with Crippen molar-refractivity contribution in [2.24, 2.45) is 0 Å². The molecule has 146 valence electrons. The van der Waals surface area contributed by atoms with Crippen LogP contribution in [0.2, 0.25) is 0 Å². The van der Waals surface area contributed by atoms with Gasteiger partial charge in [0.05, 0.1) is 16.4 Å². The largest absolute Gasteiger partial charge is 0.487 e. The van der Waals surface area contributed by atoms with Gasteiger partial charge < -0.3 is 4.74 Å². The number of rotatable bonds is 6. The maximum atomic E-state index is 12.3. The highest BCUT2D eigenvalue weighted by Gasteiger charge is 2.11. The molecule has 3 rings (SSSR count). The van der Waals surface area contributed by atoms with Crippen LogP contribution in [0.4, 0.5) is 0 Å². The number of aromatic nitrogens is 3. The van der Waals surface area contributed by atoms with E-state index in [1.807, 2.05) is 32.2 Å². The minimum atomic E-state index is -0.434. The van der Waals surface area contributed by atoms with E-state index in [9.17, 15) is 9.59 Å². The molecule has 28 heavy (non-hydrogen) atoms. The summed E-state index contributed by atoms with van der Waals surface area (Å²) in [6.07, 6.45) is 0. The Morgan fingerprint density at radius 2 is 2.00 bits per heavy atom. The van der Waals surface area contributed by atoms with Crippen molar-refractivity contribution < 1.29 is 14.3 Å². The van der Waals surface area contributed by atoms with Gasteiger partial charge in [0.1, 0.15) is 18.9 Å². The van der Waals surface area contributed by atoms with Crippen molar-refractivity contribution in [1.29, 1.82) is 0 Å². The topological polar surface area (TPSA) is 98.1 Å². The molecule has 9 heteroatoms. The van der Waals surface area contributed by atoms with Gasteiger partial charge in [-0.1, -0.05) is 6.07 Å². The number of hydrogen-bond donors (Lipinski definition) is 2. The van der Waals surface area contributed by atoms with Crippen molar-refractivity contribution in [2.75, 3.05) is 0 Å². The molecule has 0 aliphatic rings. The SMILES string of the molecule is Cc1cc(C)n(CC(=O)NNC(=O)c2cccc(OCc3csc(C)n3)c2)n1. The zero-order chi connectivity index (χ0) is 20.1. The summed E-state index contributed by atoms with van der Waals surface area (Å²) in [4.78, 5) is 28.6. The van der Waals surface area contributed by atoms with Gasteiger partial charge in [0.15, 0.2) is 0 Å². The van der Waals surface area contributed by atoms with Crippen LogP contribution in [0.5, 0.6) is 5.75 Å². The average Bonchev–Trinajstić information content (AvgIpc) is 3.22. The Hall–Kier alpha value is -3.20. The second kappa shape index (κ2) is 8.66. The first-order chi connectivity index (χ1) is 13.4. The lowest BCUT2D eigenvalue weighted by atomic mass is 10.2. The molecule has 2 aromatic heterocycles. The molecule has 2 amide bonds. The molecule has 0 spiro atoms. The second-order valence-corrected chi connectivity index (χ2v) is 7.32. The number of hydrazine groups is 1. The summed E-state index contributed by atoms with van der Waals surface area (Å²) in [5.74, 6) is -0.255. The van der Waals surface area contributed by atoms with Crippen LogP contribution in [0.15, 0.2) is 35.7 Å². The molecule has 0 saturated carbocycles. The van der Waals surface area contributed by atoms with Gasteiger partial charge in [-0.15, -0.1) is 11.3 Å². The van der Waals surface area contributed by atoms with Crippen LogP contribution in [0, 0.1) is 20.8 Å². The Morgan fingerprint density at radius 3 is 2.68 bits per heavy atom. The number of thiazole rings is 1. The van der Waals surface area contributed by atoms with Crippen LogP contribution >= 0.6 is 11.3 Å². The molecule has 1 aromatic carbocycles. The van der Waals surface area contributed by atoms with Gasteiger partial charge in [0.2, 0.25) is 0 Å². The van der Waals surface area contributed by atoms with Gasteiger partial charge >= 0.3 is 0 Å². The molecular formula is C19H21N5O3S. The Bertz CT molecular complexity index is 995. The minimum absolute atomic E-state index is 0.0240. The zero-order valence-electron chi connectivity index (χ0n) is 15.9. The molecule has 0 radical (unpaired) electrons. The van der Waals surface area contributed by atoms with Gasteiger partial charge in [-0.2, -0.15) is 5.10 Å². The van der Waals surface area contributed by atoms with E-state index in [1.54, 1.807) is 40.3 Å². The number of ether oxygens (including phenoxy) is 1. The molecule has 0 atom stereocenters. The normalized spacial score (nSPS) is 10.5. The van der Waals surface area contributed by atoms with Crippen LogP contribution in [0.3, 0.4) is 0 Å². The summed E-state index contributed by atoms with van der Waals surface area (Å²) in [6.45, 7) is 6.01. The van der Waals surface area contributed by atoms with E-state index in [2.05, 4.69) is 20.9 Å². The number of amides is 2. The van der Waals surface area contributed by atoms with E-state index in [0.29, 0.717) is 17.9 Å². The molecule has 0 saturated heterocycles. The summed E-state index contributed by atoms with van der Waals surface area (Å²) in [5.41, 5.74) is 7.72. The molecule has 2 N–H and O–H groups in total. The van der Waals surface area contributed by atoms with Crippen molar-refractivity contribution in [3.63, 3.8) is 0 Å². The standard InChI is InChI=1S/C19H21N5O3S/c1-12-7-13(2)24(23-12)9-18(25)21-22-19(26)15-5-4-6-17(8-15)27-10-16-11-28-14(3)20-16/h4-8,11H,9-10H2,1-3H3,(H,21,25)(H,22,26). The molecule has 8 nitrogen and oxygen atoms in total. The van der Waals surface area contributed by atoms with E-state index in [4.69, 9.17) is 4.74 Å². The van der Waals surface area contributed by atoms with Crippen LogP contribution in [0.25, 0.3) is 0 Å². The van der Waals surface area contributed by atoms with Crippen LogP contribution in [0.1, 0.15) is 32.4 Å². The van der Waals surface area contributed by atoms with Gasteiger partial charge in [-0.05, 0) is 45.0 Å². The maximum absolute atomic E-state index is 12.3. The lowest BCUT2D eigenvalue weighted by Crippen LogP contribution is -2.43. The predicted molar refractivity (Wildman–Crippen MR) is 105 cm³/mol. The summed E-state index contributed by atoms with van der Waals surface area (Å²) >= 11 is 1.56. The monoisotopic (exact) mass is 399 g/mol. The third-order valence-corrected chi connectivity index (χ3v) is 4.68. The Kier molecular flexibility index (Phi) is 6.05. The fourth-order valence-electron chi connectivity index (χ4n) is 2.57. The molecule has 3 aromatic rings. The van der Waals surface area contributed by atoms with E-state index >= 15 is 0 Å². The quantitative estimate of drug-likeness (QED) is 0.620. The summed E-state index contributed by atoms with van der Waals surface area (Å²) in [7, 11) is 0.